The molecule has 0 aliphatic heterocycles. The number of aryl methyl sites for hydroxylation is 2. The topological polar surface area (TPSA) is 95.7 Å². The SMILES string of the molecule is CC(=O)NC[C@]1(c2ccccc2)CC[C@H](O)[C@@H](N(C)C(=O)Cc2c(C)noc2C)CC1. The van der Waals surface area contributed by atoms with Crippen molar-refractivity contribution in [1.82, 2.24) is 15.4 Å². The van der Waals surface area contributed by atoms with Gasteiger partial charge in [-0.2, -0.15) is 0 Å². The molecule has 0 unspecified atom stereocenters. The second-order valence-corrected chi connectivity index (χ2v) is 8.75. The Hall–Kier alpha value is -2.67. The molecule has 1 aromatic heterocycles. The molecule has 31 heavy (non-hydrogen) atoms. The van der Waals surface area contributed by atoms with E-state index in [0.29, 0.717) is 25.1 Å². The number of hydrogen-bond acceptors (Lipinski definition) is 5. The fraction of sp³-hybridized carbons (Fsp3) is 0.542. The van der Waals surface area contributed by atoms with Crippen molar-refractivity contribution in [2.45, 2.75) is 70.4 Å². The minimum Gasteiger partial charge on any atom is -0.391 e. The van der Waals surface area contributed by atoms with Crippen LogP contribution in [0.5, 0.6) is 0 Å². The van der Waals surface area contributed by atoms with Crippen molar-refractivity contribution in [1.29, 1.82) is 0 Å². The Morgan fingerprint density at radius 3 is 2.52 bits per heavy atom. The van der Waals surface area contributed by atoms with E-state index in [1.807, 2.05) is 25.1 Å². The van der Waals surface area contributed by atoms with Crippen LogP contribution in [0.3, 0.4) is 0 Å². The molecular formula is C24H33N3O4. The van der Waals surface area contributed by atoms with E-state index in [1.54, 1.807) is 18.9 Å². The zero-order valence-electron chi connectivity index (χ0n) is 18.9. The van der Waals surface area contributed by atoms with Crippen LogP contribution in [0.15, 0.2) is 34.9 Å². The number of nitrogens with zero attached hydrogens (tertiary/aromatic N) is 2. The van der Waals surface area contributed by atoms with Crippen molar-refractivity contribution in [2.24, 2.45) is 0 Å². The standard InChI is InChI=1S/C24H33N3O4/c1-16-20(17(2)31-26-16)14-23(30)27(4)21-10-12-24(13-11-22(21)29,15-25-18(3)28)19-8-6-5-7-9-19/h5-9,21-22,29H,10-15H2,1-4H3,(H,25,28)/t21-,22-,24+/m0/s1. The van der Waals surface area contributed by atoms with Crippen LogP contribution in [-0.2, 0) is 21.4 Å². The number of carbonyl (C=O) groups excluding carboxylic acids is 2. The Bertz CT molecular complexity index is 891. The third-order valence-corrected chi connectivity index (χ3v) is 6.74. The first-order valence-corrected chi connectivity index (χ1v) is 10.9. The number of hydrogen-bond donors (Lipinski definition) is 2. The predicted octanol–water partition coefficient (Wildman–Crippen LogP) is 2.67. The first-order chi connectivity index (χ1) is 14.7. The summed E-state index contributed by atoms with van der Waals surface area (Å²) in [5.41, 5.74) is 2.42. The molecule has 3 rings (SSSR count). The summed E-state index contributed by atoms with van der Waals surface area (Å²) in [5.74, 6) is 0.523. The lowest BCUT2D eigenvalue weighted by atomic mass is 9.74. The van der Waals surface area contributed by atoms with Crippen molar-refractivity contribution in [2.75, 3.05) is 13.6 Å². The molecular weight excluding hydrogens is 394 g/mol. The molecule has 1 aliphatic rings. The minimum atomic E-state index is -0.624. The highest BCUT2D eigenvalue weighted by atomic mass is 16.5. The number of amides is 2. The molecule has 1 aromatic carbocycles. The predicted molar refractivity (Wildman–Crippen MR) is 118 cm³/mol. The fourth-order valence-electron chi connectivity index (χ4n) is 4.68. The summed E-state index contributed by atoms with van der Waals surface area (Å²) in [5, 5.41) is 17.9. The first-order valence-electron chi connectivity index (χ1n) is 10.9. The molecule has 168 valence electrons. The van der Waals surface area contributed by atoms with Crippen LogP contribution in [0, 0.1) is 13.8 Å². The summed E-state index contributed by atoms with van der Waals surface area (Å²) in [4.78, 5) is 26.3. The Morgan fingerprint density at radius 2 is 1.90 bits per heavy atom. The van der Waals surface area contributed by atoms with Gasteiger partial charge in [0.15, 0.2) is 0 Å². The normalized spacial score (nSPS) is 23.8. The zero-order valence-corrected chi connectivity index (χ0v) is 18.9. The molecule has 0 spiro atoms. The van der Waals surface area contributed by atoms with Gasteiger partial charge in [0.1, 0.15) is 5.76 Å². The molecule has 0 radical (unpaired) electrons. The maximum absolute atomic E-state index is 13.0. The van der Waals surface area contributed by atoms with Crippen LogP contribution in [0.2, 0.25) is 0 Å². The third kappa shape index (κ3) is 5.15. The number of rotatable bonds is 6. The molecule has 1 fully saturated rings. The summed E-state index contributed by atoms with van der Waals surface area (Å²) >= 11 is 0. The molecule has 2 aromatic rings. The largest absolute Gasteiger partial charge is 0.391 e. The van der Waals surface area contributed by atoms with Gasteiger partial charge in [-0.25, -0.2) is 0 Å². The molecule has 1 heterocycles. The molecule has 7 heteroatoms. The van der Waals surface area contributed by atoms with Crippen LogP contribution in [0.25, 0.3) is 0 Å². The van der Waals surface area contributed by atoms with Crippen LogP contribution in [-0.4, -0.2) is 52.7 Å². The smallest absolute Gasteiger partial charge is 0.227 e. The summed E-state index contributed by atoms with van der Waals surface area (Å²) in [6.45, 7) is 5.67. The summed E-state index contributed by atoms with van der Waals surface area (Å²) in [6, 6.07) is 9.87. The van der Waals surface area contributed by atoms with Gasteiger partial charge in [-0.3, -0.25) is 9.59 Å². The van der Waals surface area contributed by atoms with Gasteiger partial charge in [0, 0.05) is 31.5 Å². The first kappa shape index (κ1) is 23.0. The number of carbonyl (C=O) groups is 2. The van der Waals surface area contributed by atoms with E-state index in [2.05, 4.69) is 22.6 Å². The maximum atomic E-state index is 13.0. The van der Waals surface area contributed by atoms with Gasteiger partial charge in [0.25, 0.3) is 0 Å². The average Bonchev–Trinajstić information content (AvgIpc) is 2.97. The molecule has 0 bridgehead atoms. The second-order valence-electron chi connectivity index (χ2n) is 8.75. The van der Waals surface area contributed by atoms with E-state index < -0.39 is 6.10 Å². The van der Waals surface area contributed by atoms with E-state index in [9.17, 15) is 14.7 Å². The zero-order chi connectivity index (χ0) is 22.6. The van der Waals surface area contributed by atoms with Crippen molar-refractivity contribution in [3.63, 3.8) is 0 Å². The van der Waals surface area contributed by atoms with E-state index in [-0.39, 0.29) is 29.7 Å². The molecule has 2 amide bonds. The van der Waals surface area contributed by atoms with Crippen molar-refractivity contribution in [3.05, 3.63) is 52.9 Å². The number of aliphatic hydroxyl groups is 1. The Balaban J connectivity index is 1.78. The molecule has 2 N–H and O–H groups in total. The highest BCUT2D eigenvalue weighted by Crippen LogP contribution is 2.39. The molecule has 0 saturated heterocycles. The number of aromatic nitrogens is 1. The van der Waals surface area contributed by atoms with Gasteiger partial charge in [0.2, 0.25) is 11.8 Å². The number of aliphatic hydroxyl groups excluding tert-OH is 1. The van der Waals surface area contributed by atoms with Gasteiger partial charge in [-0.05, 0) is 45.1 Å². The lowest BCUT2D eigenvalue weighted by molar-refractivity contribution is -0.133. The van der Waals surface area contributed by atoms with Crippen molar-refractivity contribution >= 4 is 11.8 Å². The molecule has 3 atom stereocenters. The molecule has 7 nitrogen and oxygen atoms in total. The number of benzene rings is 1. The average molecular weight is 428 g/mol. The lowest BCUT2D eigenvalue weighted by Crippen LogP contribution is -2.45. The fourth-order valence-corrected chi connectivity index (χ4v) is 4.68. The number of nitrogens with one attached hydrogen (secondary N) is 1. The van der Waals surface area contributed by atoms with Crippen LogP contribution in [0.1, 0.15) is 55.2 Å². The van der Waals surface area contributed by atoms with E-state index in [0.717, 1.165) is 29.7 Å². The Morgan fingerprint density at radius 1 is 1.23 bits per heavy atom. The molecule has 1 aliphatic carbocycles. The van der Waals surface area contributed by atoms with Crippen molar-refractivity contribution in [3.8, 4) is 0 Å². The maximum Gasteiger partial charge on any atom is 0.227 e. The Labute approximate surface area is 183 Å². The van der Waals surface area contributed by atoms with E-state index in [1.165, 1.54) is 6.92 Å². The van der Waals surface area contributed by atoms with E-state index in [4.69, 9.17) is 4.52 Å². The Kier molecular flexibility index (Phi) is 7.15. The van der Waals surface area contributed by atoms with Crippen molar-refractivity contribution < 1.29 is 19.2 Å². The highest BCUT2D eigenvalue weighted by molar-refractivity contribution is 5.79. The van der Waals surface area contributed by atoms with E-state index >= 15 is 0 Å². The quantitative estimate of drug-likeness (QED) is 0.691. The number of likely N-dealkylation sites (N-methyl/N-ethyl adjacent to an activating group) is 1. The van der Waals surface area contributed by atoms with Crippen LogP contribution >= 0.6 is 0 Å². The minimum absolute atomic E-state index is 0.0625. The summed E-state index contributed by atoms with van der Waals surface area (Å²) in [6.07, 6.45) is 2.29. The second kappa shape index (κ2) is 9.64. The van der Waals surface area contributed by atoms with Gasteiger partial charge in [-0.1, -0.05) is 35.5 Å². The highest BCUT2D eigenvalue weighted by Gasteiger charge is 2.40. The molecule has 1 saturated carbocycles. The van der Waals surface area contributed by atoms with Gasteiger partial charge in [0.05, 0.1) is 24.3 Å². The van der Waals surface area contributed by atoms with Crippen LogP contribution < -0.4 is 5.32 Å². The summed E-state index contributed by atoms with van der Waals surface area (Å²) < 4.78 is 5.18. The lowest BCUT2D eigenvalue weighted by Gasteiger charge is -2.34. The third-order valence-electron chi connectivity index (χ3n) is 6.74. The van der Waals surface area contributed by atoms with Crippen LogP contribution in [0.4, 0.5) is 0 Å². The van der Waals surface area contributed by atoms with Gasteiger partial charge in [-0.15, -0.1) is 0 Å². The monoisotopic (exact) mass is 427 g/mol. The van der Waals surface area contributed by atoms with Gasteiger partial charge >= 0.3 is 0 Å². The van der Waals surface area contributed by atoms with Gasteiger partial charge < -0.3 is 19.8 Å². The summed E-state index contributed by atoms with van der Waals surface area (Å²) in [7, 11) is 1.76.